The van der Waals surface area contributed by atoms with Crippen LogP contribution in [0.5, 0.6) is 0 Å². The average molecular weight is 432 g/mol. The van der Waals surface area contributed by atoms with E-state index in [2.05, 4.69) is 35.3 Å². The van der Waals surface area contributed by atoms with Gasteiger partial charge in [-0.2, -0.15) is 0 Å². The Bertz CT molecular complexity index is 1120. The van der Waals surface area contributed by atoms with Gasteiger partial charge in [0.2, 0.25) is 0 Å². The highest BCUT2D eigenvalue weighted by Gasteiger charge is 2.28. The first-order valence-corrected chi connectivity index (χ1v) is 11.1. The average Bonchev–Trinajstić information content (AvgIpc) is 3.39. The van der Waals surface area contributed by atoms with Gasteiger partial charge in [-0.05, 0) is 63.1 Å². The Morgan fingerprint density at radius 2 is 1.88 bits per heavy atom. The largest absolute Gasteiger partial charge is 0.467 e. The Hall–Kier alpha value is -3.54. The van der Waals surface area contributed by atoms with Crippen LogP contribution in [0.1, 0.15) is 52.8 Å². The summed E-state index contributed by atoms with van der Waals surface area (Å²) >= 11 is 0. The first-order chi connectivity index (χ1) is 15.5. The molecule has 2 heterocycles. The minimum absolute atomic E-state index is 0.0446. The number of anilines is 2. The Labute approximate surface area is 188 Å². The number of nitrogens with one attached hydrogen (secondary N) is 1. The van der Waals surface area contributed by atoms with Gasteiger partial charge >= 0.3 is 0 Å². The molecular weight excluding hydrogens is 402 g/mol. The SMILES string of the molecule is CCN(CC)C(=O)c1cccc(NC(=O)c2ccoc2CN2c3ccccc3CC2C)c1. The van der Waals surface area contributed by atoms with Gasteiger partial charge < -0.3 is 19.5 Å². The summed E-state index contributed by atoms with van der Waals surface area (Å²) < 4.78 is 5.71. The number of hydrogen-bond acceptors (Lipinski definition) is 4. The van der Waals surface area contributed by atoms with E-state index in [1.165, 1.54) is 11.3 Å². The number of rotatable bonds is 7. The lowest BCUT2D eigenvalue weighted by Crippen LogP contribution is -2.30. The summed E-state index contributed by atoms with van der Waals surface area (Å²) in [5.74, 6) is 0.333. The zero-order chi connectivity index (χ0) is 22.7. The number of para-hydroxylation sites is 1. The van der Waals surface area contributed by atoms with Gasteiger partial charge in [-0.25, -0.2) is 0 Å². The molecule has 32 heavy (non-hydrogen) atoms. The van der Waals surface area contributed by atoms with Crippen molar-refractivity contribution in [3.8, 4) is 0 Å². The zero-order valence-corrected chi connectivity index (χ0v) is 18.8. The van der Waals surface area contributed by atoms with E-state index >= 15 is 0 Å². The number of amides is 2. The topological polar surface area (TPSA) is 65.8 Å². The highest BCUT2D eigenvalue weighted by atomic mass is 16.3. The van der Waals surface area contributed by atoms with Gasteiger partial charge in [0.1, 0.15) is 5.76 Å². The maximum Gasteiger partial charge on any atom is 0.259 e. The molecule has 6 heteroatoms. The van der Waals surface area contributed by atoms with Crippen LogP contribution in [0.2, 0.25) is 0 Å². The number of furan rings is 1. The summed E-state index contributed by atoms with van der Waals surface area (Å²) in [6.45, 7) is 7.89. The summed E-state index contributed by atoms with van der Waals surface area (Å²) in [5.41, 5.74) is 4.14. The number of hydrogen-bond donors (Lipinski definition) is 1. The smallest absolute Gasteiger partial charge is 0.259 e. The zero-order valence-electron chi connectivity index (χ0n) is 18.8. The van der Waals surface area contributed by atoms with E-state index in [4.69, 9.17) is 4.42 Å². The lowest BCUT2D eigenvalue weighted by molar-refractivity contribution is 0.0772. The van der Waals surface area contributed by atoms with Gasteiger partial charge in [0, 0.05) is 36.1 Å². The fourth-order valence-corrected chi connectivity index (χ4v) is 4.31. The van der Waals surface area contributed by atoms with Gasteiger partial charge in [-0.3, -0.25) is 9.59 Å². The van der Waals surface area contributed by atoms with Crippen LogP contribution >= 0.6 is 0 Å². The lowest BCUT2D eigenvalue weighted by atomic mass is 10.1. The van der Waals surface area contributed by atoms with Crippen molar-refractivity contribution in [1.82, 2.24) is 4.90 Å². The third kappa shape index (κ3) is 4.26. The van der Waals surface area contributed by atoms with E-state index in [1.54, 1.807) is 41.5 Å². The molecule has 0 radical (unpaired) electrons. The Kier molecular flexibility index (Phi) is 6.30. The van der Waals surface area contributed by atoms with Crippen LogP contribution in [0.15, 0.2) is 65.3 Å². The maximum atomic E-state index is 13.0. The Morgan fingerprint density at radius 3 is 2.66 bits per heavy atom. The van der Waals surface area contributed by atoms with E-state index in [0.29, 0.717) is 48.3 Å². The quantitative estimate of drug-likeness (QED) is 0.574. The second kappa shape index (κ2) is 9.30. The van der Waals surface area contributed by atoms with Crippen molar-refractivity contribution in [3.05, 3.63) is 83.3 Å². The number of carbonyl (C=O) groups excluding carboxylic acids is 2. The molecule has 3 aromatic rings. The second-order valence-corrected chi connectivity index (χ2v) is 8.08. The lowest BCUT2D eigenvalue weighted by Gasteiger charge is -2.24. The number of nitrogens with zero attached hydrogens (tertiary/aromatic N) is 2. The van der Waals surface area contributed by atoms with E-state index in [1.807, 2.05) is 19.9 Å². The van der Waals surface area contributed by atoms with Crippen LogP contribution in [0, 0.1) is 0 Å². The van der Waals surface area contributed by atoms with E-state index < -0.39 is 0 Å². The summed E-state index contributed by atoms with van der Waals surface area (Å²) in [5, 5.41) is 2.92. The molecule has 1 aliphatic rings. The summed E-state index contributed by atoms with van der Waals surface area (Å²) in [7, 11) is 0. The summed E-state index contributed by atoms with van der Waals surface area (Å²) in [4.78, 5) is 29.7. The summed E-state index contributed by atoms with van der Waals surface area (Å²) in [6, 6.07) is 17.4. The monoisotopic (exact) mass is 431 g/mol. The van der Waals surface area contributed by atoms with Crippen LogP contribution in [0.4, 0.5) is 11.4 Å². The standard InChI is InChI=1S/C26H29N3O3/c1-4-28(5-2)26(31)20-10-8-11-21(16-20)27-25(30)22-13-14-32-24(22)17-29-18(3)15-19-9-6-7-12-23(19)29/h6-14,16,18H,4-5,15,17H2,1-3H3,(H,27,30). The Morgan fingerprint density at radius 1 is 1.09 bits per heavy atom. The molecule has 1 aliphatic heterocycles. The van der Waals surface area contributed by atoms with E-state index in [9.17, 15) is 9.59 Å². The first kappa shape index (κ1) is 21.7. The van der Waals surface area contributed by atoms with Crippen molar-refractivity contribution < 1.29 is 14.0 Å². The van der Waals surface area contributed by atoms with Crippen molar-refractivity contribution in [2.24, 2.45) is 0 Å². The minimum atomic E-state index is -0.249. The maximum absolute atomic E-state index is 13.0. The molecule has 1 atom stereocenters. The van der Waals surface area contributed by atoms with Crippen LogP contribution in [-0.2, 0) is 13.0 Å². The van der Waals surface area contributed by atoms with Crippen LogP contribution in [0.25, 0.3) is 0 Å². The number of benzene rings is 2. The molecular formula is C26H29N3O3. The fraction of sp³-hybridized carbons (Fsp3) is 0.308. The highest BCUT2D eigenvalue weighted by Crippen LogP contribution is 2.33. The molecule has 1 aromatic heterocycles. The van der Waals surface area contributed by atoms with Crippen LogP contribution in [-0.4, -0.2) is 35.8 Å². The highest BCUT2D eigenvalue weighted by molar-refractivity contribution is 6.05. The van der Waals surface area contributed by atoms with Gasteiger partial charge in [0.15, 0.2) is 0 Å². The Balaban J connectivity index is 1.50. The molecule has 1 unspecified atom stereocenters. The van der Waals surface area contributed by atoms with Crippen molar-refractivity contribution in [1.29, 1.82) is 0 Å². The molecule has 0 saturated heterocycles. The third-order valence-corrected chi connectivity index (χ3v) is 6.07. The fourth-order valence-electron chi connectivity index (χ4n) is 4.31. The number of fused-ring (bicyclic) bond motifs is 1. The van der Waals surface area contributed by atoms with Crippen molar-refractivity contribution in [2.45, 2.75) is 39.8 Å². The molecule has 166 valence electrons. The van der Waals surface area contributed by atoms with Gasteiger partial charge in [-0.1, -0.05) is 24.3 Å². The molecule has 1 N–H and O–H groups in total. The molecule has 4 rings (SSSR count). The first-order valence-electron chi connectivity index (χ1n) is 11.1. The molecule has 0 spiro atoms. The predicted octanol–water partition coefficient (Wildman–Crippen LogP) is 4.97. The van der Waals surface area contributed by atoms with Crippen molar-refractivity contribution in [2.75, 3.05) is 23.3 Å². The van der Waals surface area contributed by atoms with Gasteiger partial charge in [0.05, 0.1) is 18.4 Å². The molecule has 2 aromatic carbocycles. The normalized spacial score (nSPS) is 14.8. The molecule has 0 saturated carbocycles. The second-order valence-electron chi connectivity index (χ2n) is 8.08. The molecule has 0 fully saturated rings. The molecule has 6 nitrogen and oxygen atoms in total. The van der Waals surface area contributed by atoms with E-state index in [-0.39, 0.29) is 11.8 Å². The van der Waals surface area contributed by atoms with Crippen LogP contribution < -0.4 is 10.2 Å². The van der Waals surface area contributed by atoms with E-state index in [0.717, 1.165) is 6.42 Å². The summed E-state index contributed by atoms with van der Waals surface area (Å²) in [6.07, 6.45) is 2.53. The number of carbonyl (C=O) groups is 2. The van der Waals surface area contributed by atoms with Crippen LogP contribution in [0.3, 0.4) is 0 Å². The van der Waals surface area contributed by atoms with Crippen molar-refractivity contribution in [3.63, 3.8) is 0 Å². The minimum Gasteiger partial charge on any atom is -0.467 e. The molecule has 0 aliphatic carbocycles. The third-order valence-electron chi connectivity index (χ3n) is 6.07. The molecule has 0 bridgehead atoms. The van der Waals surface area contributed by atoms with Crippen molar-refractivity contribution >= 4 is 23.2 Å². The van der Waals surface area contributed by atoms with Gasteiger partial charge in [-0.15, -0.1) is 0 Å². The predicted molar refractivity (Wildman–Crippen MR) is 126 cm³/mol. The van der Waals surface area contributed by atoms with Gasteiger partial charge in [0.25, 0.3) is 11.8 Å². The molecule has 2 amide bonds.